The van der Waals surface area contributed by atoms with Crippen molar-refractivity contribution in [2.75, 3.05) is 5.32 Å². The summed E-state index contributed by atoms with van der Waals surface area (Å²) in [4.78, 5) is 4.17. The molecule has 1 aliphatic rings. The Labute approximate surface area is 102 Å². The van der Waals surface area contributed by atoms with E-state index in [0.717, 1.165) is 17.2 Å². The molecule has 1 fully saturated rings. The minimum absolute atomic E-state index is 0.600. The molecule has 16 heavy (non-hydrogen) atoms. The van der Waals surface area contributed by atoms with Crippen LogP contribution in [0.5, 0.6) is 0 Å². The number of aromatic nitrogens is 1. The molecule has 88 valence electrons. The highest BCUT2D eigenvalue weighted by molar-refractivity contribution is 6.30. The Kier molecular flexibility index (Phi) is 3.70. The third-order valence-electron chi connectivity index (χ3n) is 3.32. The van der Waals surface area contributed by atoms with Crippen molar-refractivity contribution in [1.82, 2.24) is 4.98 Å². The molecule has 0 spiro atoms. The number of hydrogen-bond donors (Lipinski definition) is 1. The van der Waals surface area contributed by atoms with Gasteiger partial charge >= 0.3 is 0 Å². The largest absolute Gasteiger partial charge is 0.381 e. The van der Waals surface area contributed by atoms with Crippen LogP contribution in [0.2, 0.25) is 5.15 Å². The maximum atomic E-state index is 5.91. The van der Waals surface area contributed by atoms with Gasteiger partial charge in [0.15, 0.2) is 0 Å². The van der Waals surface area contributed by atoms with Crippen LogP contribution in [0.25, 0.3) is 0 Å². The summed E-state index contributed by atoms with van der Waals surface area (Å²) in [5.41, 5.74) is 2.14. The lowest BCUT2D eigenvalue weighted by atomic mass is 9.87. The van der Waals surface area contributed by atoms with Gasteiger partial charge in [-0.3, -0.25) is 0 Å². The van der Waals surface area contributed by atoms with Gasteiger partial charge < -0.3 is 5.32 Å². The molecule has 1 N–H and O–H groups in total. The lowest BCUT2D eigenvalue weighted by Crippen LogP contribution is -2.26. The summed E-state index contributed by atoms with van der Waals surface area (Å²) in [5, 5.41) is 4.16. The van der Waals surface area contributed by atoms with Gasteiger partial charge in [0.1, 0.15) is 5.15 Å². The second-order valence-electron chi connectivity index (χ2n) is 4.94. The minimum Gasteiger partial charge on any atom is -0.381 e. The molecule has 3 heteroatoms. The van der Waals surface area contributed by atoms with E-state index in [1.165, 1.54) is 25.7 Å². The predicted octanol–water partition coefficient (Wildman–Crippen LogP) is 4.03. The molecule has 0 saturated heterocycles. The van der Waals surface area contributed by atoms with Crippen molar-refractivity contribution in [3.63, 3.8) is 0 Å². The summed E-state index contributed by atoms with van der Waals surface area (Å²) in [5.74, 6) is 0.840. The van der Waals surface area contributed by atoms with E-state index in [1.807, 2.05) is 13.1 Å². The van der Waals surface area contributed by atoms with Gasteiger partial charge in [-0.25, -0.2) is 4.98 Å². The number of nitrogens with one attached hydrogen (secondary N) is 1. The summed E-state index contributed by atoms with van der Waals surface area (Å²) >= 11 is 5.91. The summed E-state index contributed by atoms with van der Waals surface area (Å²) in [6.45, 7) is 4.32. The molecule has 1 aliphatic carbocycles. The Balaban J connectivity index is 2.00. The highest BCUT2D eigenvalue weighted by Gasteiger charge is 2.18. The normalized spacial score (nSPS) is 25.4. The first kappa shape index (κ1) is 11.7. The van der Waals surface area contributed by atoms with E-state index < -0.39 is 0 Å². The molecule has 1 heterocycles. The standard InChI is InChI=1S/C13H19ClN2/c1-9-4-3-5-11(6-9)16-12-7-10(2)13(14)15-8-12/h7-9,11,16H,3-6H2,1-2H3. The first-order valence-electron chi connectivity index (χ1n) is 6.04. The van der Waals surface area contributed by atoms with Crippen LogP contribution in [0.4, 0.5) is 5.69 Å². The molecule has 1 aromatic rings. The van der Waals surface area contributed by atoms with Crippen molar-refractivity contribution in [2.24, 2.45) is 5.92 Å². The third kappa shape index (κ3) is 2.88. The van der Waals surface area contributed by atoms with Crippen molar-refractivity contribution in [3.05, 3.63) is 23.0 Å². The van der Waals surface area contributed by atoms with E-state index in [0.29, 0.717) is 11.2 Å². The van der Waals surface area contributed by atoms with Gasteiger partial charge in [-0.1, -0.05) is 31.4 Å². The van der Waals surface area contributed by atoms with E-state index in [2.05, 4.69) is 23.3 Å². The highest BCUT2D eigenvalue weighted by atomic mass is 35.5. The Bertz CT molecular complexity index is 365. The van der Waals surface area contributed by atoms with Crippen LogP contribution in [0, 0.1) is 12.8 Å². The van der Waals surface area contributed by atoms with Crippen LogP contribution < -0.4 is 5.32 Å². The predicted molar refractivity (Wildman–Crippen MR) is 69.0 cm³/mol. The summed E-state index contributed by atoms with van der Waals surface area (Å²) in [6, 6.07) is 2.68. The summed E-state index contributed by atoms with van der Waals surface area (Å²) in [7, 11) is 0. The second-order valence-corrected chi connectivity index (χ2v) is 5.30. The number of nitrogens with zero attached hydrogens (tertiary/aromatic N) is 1. The first-order chi connectivity index (χ1) is 7.65. The number of hydrogen-bond acceptors (Lipinski definition) is 2. The average Bonchev–Trinajstić information content (AvgIpc) is 2.24. The van der Waals surface area contributed by atoms with Crippen LogP contribution in [0.15, 0.2) is 12.3 Å². The topological polar surface area (TPSA) is 24.9 Å². The van der Waals surface area contributed by atoms with Crippen molar-refractivity contribution in [1.29, 1.82) is 0 Å². The third-order valence-corrected chi connectivity index (χ3v) is 3.72. The van der Waals surface area contributed by atoms with Crippen LogP contribution in [0.1, 0.15) is 38.2 Å². The minimum atomic E-state index is 0.600. The molecule has 2 rings (SSSR count). The number of anilines is 1. The van der Waals surface area contributed by atoms with Gasteiger partial charge in [-0.05, 0) is 37.3 Å². The highest BCUT2D eigenvalue weighted by Crippen LogP contribution is 2.26. The number of aryl methyl sites for hydroxylation is 1. The molecule has 0 amide bonds. The Morgan fingerprint density at radius 3 is 2.94 bits per heavy atom. The fraction of sp³-hybridized carbons (Fsp3) is 0.615. The van der Waals surface area contributed by atoms with Crippen LogP contribution in [-0.2, 0) is 0 Å². The quantitative estimate of drug-likeness (QED) is 0.787. The zero-order chi connectivity index (χ0) is 11.5. The van der Waals surface area contributed by atoms with E-state index in [9.17, 15) is 0 Å². The molecule has 0 bridgehead atoms. The fourth-order valence-electron chi connectivity index (χ4n) is 2.44. The number of halogens is 1. The molecule has 2 unspecified atom stereocenters. The molecule has 0 aromatic carbocycles. The molecule has 0 aliphatic heterocycles. The monoisotopic (exact) mass is 238 g/mol. The lowest BCUT2D eigenvalue weighted by molar-refractivity contribution is 0.358. The van der Waals surface area contributed by atoms with Crippen molar-refractivity contribution < 1.29 is 0 Å². The Morgan fingerprint density at radius 1 is 1.44 bits per heavy atom. The van der Waals surface area contributed by atoms with E-state index in [-0.39, 0.29) is 0 Å². The van der Waals surface area contributed by atoms with Crippen molar-refractivity contribution in [3.8, 4) is 0 Å². The smallest absolute Gasteiger partial charge is 0.132 e. The maximum absolute atomic E-state index is 5.91. The van der Waals surface area contributed by atoms with Gasteiger partial charge in [-0.2, -0.15) is 0 Å². The SMILES string of the molecule is Cc1cc(NC2CCCC(C)C2)cnc1Cl. The van der Waals surface area contributed by atoms with Gasteiger partial charge in [0.05, 0.1) is 11.9 Å². The summed E-state index contributed by atoms with van der Waals surface area (Å²) < 4.78 is 0. The zero-order valence-electron chi connectivity index (χ0n) is 9.96. The first-order valence-corrected chi connectivity index (χ1v) is 6.41. The van der Waals surface area contributed by atoms with Gasteiger partial charge in [0.25, 0.3) is 0 Å². The fourth-order valence-corrected chi connectivity index (χ4v) is 2.54. The number of pyridine rings is 1. The van der Waals surface area contributed by atoms with Crippen LogP contribution in [0.3, 0.4) is 0 Å². The maximum Gasteiger partial charge on any atom is 0.132 e. The second kappa shape index (κ2) is 5.05. The average molecular weight is 239 g/mol. The van der Waals surface area contributed by atoms with Crippen LogP contribution >= 0.6 is 11.6 Å². The van der Waals surface area contributed by atoms with E-state index in [1.54, 1.807) is 0 Å². The van der Waals surface area contributed by atoms with Crippen LogP contribution in [-0.4, -0.2) is 11.0 Å². The molecule has 2 nitrogen and oxygen atoms in total. The Hall–Kier alpha value is -0.760. The number of rotatable bonds is 2. The molecule has 1 saturated carbocycles. The van der Waals surface area contributed by atoms with E-state index in [4.69, 9.17) is 11.6 Å². The molecular formula is C13H19ClN2. The van der Waals surface area contributed by atoms with Crippen molar-refractivity contribution in [2.45, 2.75) is 45.6 Å². The van der Waals surface area contributed by atoms with Gasteiger partial charge in [0.2, 0.25) is 0 Å². The summed E-state index contributed by atoms with van der Waals surface area (Å²) in [6.07, 6.45) is 7.07. The van der Waals surface area contributed by atoms with E-state index >= 15 is 0 Å². The molecular weight excluding hydrogens is 220 g/mol. The molecule has 1 aromatic heterocycles. The van der Waals surface area contributed by atoms with Gasteiger partial charge in [-0.15, -0.1) is 0 Å². The Morgan fingerprint density at radius 2 is 2.25 bits per heavy atom. The molecule has 2 atom stereocenters. The molecule has 0 radical (unpaired) electrons. The van der Waals surface area contributed by atoms with Gasteiger partial charge in [0, 0.05) is 6.04 Å². The zero-order valence-corrected chi connectivity index (χ0v) is 10.7. The van der Waals surface area contributed by atoms with Crippen molar-refractivity contribution >= 4 is 17.3 Å². The lowest BCUT2D eigenvalue weighted by Gasteiger charge is -2.28.